The first-order chi connectivity index (χ1) is 33.0. The minimum Gasteiger partial charge on any atom is -0.465 e. The zero-order chi connectivity index (χ0) is 48.5. The van der Waals surface area contributed by atoms with Gasteiger partial charge in [-0.15, -0.1) is 0 Å². The molecule has 1 rings (SSSR count). The molecule has 1 aliphatic rings. The molecule has 0 bridgehead atoms. The highest BCUT2D eigenvalue weighted by molar-refractivity contribution is 5.69. The van der Waals surface area contributed by atoms with E-state index >= 15 is 0 Å². The van der Waals surface area contributed by atoms with E-state index in [9.17, 15) is 14.7 Å². The fourth-order valence-electron chi connectivity index (χ4n) is 10.3. The van der Waals surface area contributed by atoms with E-state index in [1.54, 1.807) is 0 Å². The highest BCUT2D eigenvalue weighted by Crippen LogP contribution is 2.25. The average molecular weight is 948 g/mol. The largest absolute Gasteiger partial charge is 0.465 e. The van der Waals surface area contributed by atoms with Crippen LogP contribution in [0.5, 0.6) is 0 Å². The lowest BCUT2D eigenvalue weighted by molar-refractivity contribution is -0.146. The summed E-state index contributed by atoms with van der Waals surface area (Å²) in [5.74, 6) is 1.02. The Kier molecular flexibility index (Phi) is 47.4. The Bertz CT molecular complexity index is 936. The normalized spacial score (nSPS) is 13.1. The summed E-state index contributed by atoms with van der Waals surface area (Å²) in [4.78, 5) is 31.0. The molecule has 1 saturated carbocycles. The van der Waals surface area contributed by atoms with Crippen LogP contribution in [0.15, 0.2) is 0 Å². The molecule has 0 aliphatic heterocycles. The van der Waals surface area contributed by atoms with Gasteiger partial charge in [-0.2, -0.15) is 0 Å². The molecule has 0 atom stereocenters. The van der Waals surface area contributed by atoms with Crippen LogP contribution in [0.2, 0.25) is 0 Å². The van der Waals surface area contributed by atoms with Gasteiger partial charge in [-0.1, -0.05) is 227 Å². The van der Waals surface area contributed by atoms with Gasteiger partial charge in [-0.25, -0.2) is 0 Å². The molecule has 0 radical (unpaired) electrons. The van der Waals surface area contributed by atoms with Crippen LogP contribution in [0.25, 0.3) is 0 Å². The Morgan fingerprint density at radius 3 is 1.06 bits per heavy atom. The van der Waals surface area contributed by atoms with Crippen molar-refractivity contribution in [3.05, 3.63) is 0 Å². The molecule has 0 amide bonds. The van der Waals surface area contributed by atoms with Crippen molar-refractivity contribution in [1.29, 1.82) is 0 Å². The smallest absolute Gasteiger partial charge is 0.305 e. The summed E-state index contributed by atoms with van der Waals surface area (Å²) < 4.78 is 11.9. The number of aliphatic hydroxyl groups excluding tert-OH is 1. The highest BCUT2D eigenvalue weighted by atomic mass is 16.5. The summed E-state index contributed by atoms with van der Waals surface area (Å²) in [6, 6.07) is 0.627. The predicted octanol–water partition coefficient (Wildman–Crippen LogP) is 17.1. The van der Waals surface area contributed by atoms with Crippen molar-refractivity contribution >= 4 is 11.9 Å². The second kappa shape index (κ2) is 49.8. The highest BCUT2D eigenvalue weighted by Gasteiger charge is 2.24. The third-order valence-corrected chi connectivity index (χ3v) is 15.2. The van der Waals surface area contributed by atoms with Crippen LogP contribution in [0, 0.1) is 11.8 Å². The monoisotopic (exact) mass is 947 g/mol. The third kappa shape index (κ3) is 41.2. The Morgan fingerprint density at radius 2 is 0.746 bits per heavy atom. The SMILES string of the molecule is CCCCCCCCCC(CCCCCCCCC)COC(=O)CCCCCN(CCCCCC(=O)OCC(CCCCCCCCC)CCCCCCCCC)CCN(CCO)C1CCC1. The van der Waals surface area contributed by atoms with Crippen LogP contribution >= 0.6 is 0 Å². The first-order valence-corrected chi connectivity index (χ1v) is 30.4. The van der Waals surface area contributed by atoms with Crippen molar-refractivity contribution in [1.82, 2.24) is 9.80 Å². The molecule has 0 spiro atoms. The van der Waals surface area contributed by atoms with Crippen LogP contribution in [0.1, 0.15) is 304 Å². The molecule has 7 heteroatoms. The fourth-order valence-corrected chi connectivity index (χ4v) is 10.3. The van der Waals surface area contributed by atoms with Gasteiger partial charge in [0.25, 0.3) is 0 Å². The topological polar surface area (TPSA) is 79.3 Å². The molecule has 1 N–H and O–H groups in total. The lowest BCUT2D eigenvalue weighted by Crippen LogP contribution is -2.45. The van der Waals surface area contributed by atoms with Crippen LogP contribution in [0.4, 0.5) is 0 Å². The summed E-state index contributed by atoms with van der Waals surface area (Å²) in [5.41, 5.74) is 0. The predicted molar refractivity (Wildman–Crippen MR) is 289 cm³/mol. The van der Waals surface area contributed by atoms with E-state index in [-0.39, 0.29) is 18.5 Å². The molecule has 0 heterocycles. The van der Waals surface area contributed by atoms with Gasteiger partial charge in [-0.05, 0) is 89.1 Å². The van der Waals surface area contributed by atoms with Crippen molar-refractivity contribution < 1.29 is 24.2 Å². The van der Waals surface area contributed by atoms with Crippen molar-refractivity contribution in [2.75, 3.05) is 52.5 Å². The van der Waals surface area contributed by atoms with E-state index in [4.69, 9.17) is 9.47 Å². The summed E-state index contributed by atoms with van der Waals surface area (Å²) in [7, 11) is 0. The molecular formula is C60H118N2O5. The molecule has 7 nitrogen and oxygen atoms in total. The van der Waals surface area contributed by atoms with Gasteiger partial charge in [-0.3, -0.25) is 14.5 Å². The van der Waals surface area contributed by atoms with Gasteiger partial charge in [0.15, 0.2) is 0 Å². The summed E-state index contributed by atoms with van der Waals surface area (Å²) in [6.07, 6.45) is 53.0. The summed E-state index contributed by atoms with van der Waals surface area (Å²) >= 11 is 0. The molecular weight excluding hydrogens is 829 g/mol. The van der Waals surface area contributed by atoms with Gasteiger partial charge in [0.1, 0.15) is 0 Å². The molecule has 67 heavy (non-hydrogen) atoms. The van der Waals surface area contributed by atoms with Gasteiger partial charge < -0.3 is 19.5 Å². The van der Waals surface area contributed by atoms with Gasteiger partial charge >= 0.3 is 11.9 Å². The number of hydrogen-bond acceptors (Lipinski definition) is 7. The Balaban J connectivity index is 2.52. The van der Waals surface area contributed by atoms with Crippen molar-refractivity contribution in [3.8, 4) is 0 Å². The summed E-state index contributed by atoms with van der Waals surface area (Å²) in [5, 5.41) is 9.79. The van der Waals surface area contributed by atoms with E-state index in [1.165, 1.54) is 225 Å². The van der Waals surface area contributed by atoms with E-state index in [0.717, 1.165) is 71.2 Å². The first-order valence-electron chi connectivity index (χ1n) is 30.4. The molecule has 1 aliphatic carbocycles. The minimum absolute atomic E-state index is 0.00323. The molecule has 0 unspecified atom stereocenters. The van der Waals surface area contributed by atoms with Gasteiger partial charge in [0, 0.05) is 38.5 Å². The Hall–Kier alpha value is -1.18. The number of carbonyl (C=O) groups is 2. The standard InChI is InChI=1S/C60H118N2O5/c1-5-9-13-17-21-25-31-40-56(41-32-26-22-18-14-10-6-2)54-66-59(64)46-35-29-37-48-61(50-51-62(52-53-63)58-44-39-45-58)49-38-30-36-47-60(65)67-55-57(42-33-27-23-19-15-11-7-3)43-34-28-24-20-16-12-8-4/h56-58,63H,5-55H2,1-4H3. The van der Waals surface area contributed by atoms with E-state index < -0.39 is 0 Å². The fraction of sp³-hybridized carbons (Fsp3) is 0.967. The number of carbonyl (C=O) groups excluding carboxylic acids is 2. The lowest BCUT2D eigenvalue weighted by Gasteiger charge is -2.38. The summed E-state index contributed by atoms with van der Waals surface area (Å²) in [6.45, 7) is 15.4. The maximum absolute atomic E-state index is 12.9. The maximum atomic E-state index is 12.9. The average Bonchev–Trinajstić information content (AvgIpc) is 3.31. The molecule has 1 fully saturated rings. The van der Waals surface area contributed by atoms with Gasteiger partial charge in [0.05, 0.1) is 19.8 Å². The lowest BCUT2D eigenvalue weighted by atomic mass is 9.91. The van der Waals surface area contributed by atoms with E-state index in [2.05, 4.69) is 37.5 Å². The number of esters is 2. The van der Waals surface area contributed by atoms with Crippen LogP contribution < -0.4 is 0 Å². The number of nitrogens with zero attached hydrogens (tertiary/aromatic N) is 2. The number of rotatable bonds is 54. The van der Waals surface area contributed by atoms with Crippen molar-refractivity contribution in [2.45, 2.75) is 310 Å². The van der Waals surface area contributed by atoms with E-state index in [1.807, 2.05) is 0 Å². The second-order valence-electron chi connectivity index (χ2n) is 21.5. The molecule has 0 aromatic heterocycles. The van der Waals surface area contributed by atoms with Crippen molar-refractivity contribution in [2.24, 2.45) is 11.8 Å². The quantitative estimate of drug-likeness (QED) is 0.0481. The number of ether oxygens (including phenoxy) is 2. The first kappa shape index (κ1) is 63.8. The number of unbranched alkanes of at least 4 members (excludes halogenated alkanes) is 28. The van der Waals surface area contributed by atoms with Gasteiger partial charge in [0.2, 0.25) is 0 Å². The van der Waals surface area contributed by atoms with E-state index in [0.29, 0.717) is 43.9 Å². The molecule has 0 aromatic carbocycles. The Morgan fingerprint density at radius 1 is 0.418 bits per heavy atom. The molecule has 0 aromatic rings. The Labute approximate surface area is 418 Å². The van der Waals surface area contributed by atoms with Crippen molar-refractivity contribution in [3.63, 3.8) is 0 Å². The number of aliphatic hydroxyl groups is 1. The van der Waals surface area contributed by atoms with Crippen LogP contribution in [0.3, 0.4) is 0 Å². The zero-order valence-electron chi connectivity index (χ0n) is 45.8. The molecule has 0 saturated heterocycles. The zero-order valence-corrected chi connectivity index (χ0v) is 45.8. The van der Waals surface area contributed by atoms with Crippen LogP contribution in [-0.2, 0) is 19.1 Å². The second-order valence-corrected chi connectivity index (χ2v) is 21.5. The third-order valence-electron chi connectivity index (χ3n) is 15.2. The number of hydrogen-bond donors (Lipinski definition) is 1. The minimum atomic E-state index is -0.00323. The molecule has 398 valence electrons. The van der Waals surface area contributed by atoms with Crippen LogP contribution in [-0.4, -0.2) is 85.4 Å². The maximum Gasteiger partial charge on any atom is 0.305 e.